The summed E-state index contributed by atoms with van der Waals surface area (Å²) < 4.78 is 2.27. The van der Waals surface area contributed by atoms with Gasteiger partial charge in [0, 0.05) is 18.3 Å². The van der Waals surface area contributed by atoms with Crippen LogP contribution in [0.5, 0.6) is 0 Å². The van der Waals surface area contributed by atoms with Crippen LogP contribution in [0.1, 0.15) is 43.4 Å². The number of rotatable bonds is 2. The molecule has 88 valence electrons. The van der Waals surface area contributed by atoms with Crippen LogP contribution in [0.3, 0.4) is 0 Å². The average molecular weight is 219 g/mol. The Labute approximate surface area is 97.0 Å². The summed E-state index contributed by atoms with van der Waals surface area (Å²) in [7, 11) is 0. The van der Waals surface area contributed by atoms with Crippen LogP contribution in [0.2, 0.25) is 0 Å². The van der Waals surface area contributed by atoms with Gasteiger partial charge in [-0.05, 0) is 56.4 Å². The monoisotopic (exact) mass is 219 g/mol. The second-order valence-electron chi connectivity index (χ2n) is 5.43. The number of nitrogens with zero attached hydrogens (tertiary/aromatic N) is 2. The van der Waals surface area contributed by atoms with Crippen molar-refractivity contribution in [2.24, 2.45) is 11.7 Å². The van der Waals surface area contributed by atoms with Crippen molar-refractivity contribution in [2.75, 3.05) is 0 Å². The van der Waals surface area contributed by atoms with Crippen molar-refractivity contribution >= 4 is 0 Å². The Kier molecular flexibility index (Phi) is 2.72. The first-order valence-corrected chi connectivity index (χ1v) is 6.62. The lowest BCUT2D eigenvalue weighted by Crippen LogP contribution is -2.28. The summed E-state index contributed by atoms with van der Waals surface area (Å²) in [6.07, 6.45) is 10.9. The third kappa shape index (κ3) is 1.88. The molecule has 1 aromatic heterocycles. The molecule has 2 N–H and O–H groups in total. The van der Waals surface area contributed by atoms with Crippen LogP contribution in [0.25, 0.3) is 0 Å². The van der Waals surface area contributed by atoms with E-state index < -0.39 is 0 Å². The maximum absolute atomic E-state index is 5.94. The molecule has 0 amide bonds. The van der Waals surface area contributed by atoms with Gasteiger partial charge in [-0.25, -0.2) is 0 Å². The lowest BCUT2D eigenvalue weighted by atomic mass is 9.86. The summed E-state index contributed by atoms with van der Waals surface area (Å²) in [5, 5.41) is 4.54. The lowest BCUT2D eigenvalue weighted by Gasteiger charge is -2.26. The minimum atomic E-state index is 0.458. The highest BCUT2D eigenvalue weighted by atomic mass is 15.3. The average Bonchev–Trinajstić information content (AvgIpc) is 2.86. The highest BCUT2D eigenvalue weighted by molar-refractivity contribution is 5.22. The van der Waals surface area contributed by atoms with Gasteiger partial charge in [0.1, 0.15) is 0 Å². The maximum atomic E-state index is 5.94. The molecule has 2 aliphatic rings. The Morgan fingerprint density at radius 3 is 2.88 bits per heavy atom. The van der Waals surface area contributed by atoms with Crippen molar-refractivity contribution in [3.8, 4) is 0 Å². The third-order valence-electron chi connectivity index (χ3n) is 4.22. The molecule has 3 heteroatoms. The van der Waals surface area contributed by atoms with Crippen molar-refractivity contribution in [3.63, 3.8) is 0 Å². The van der Waals surface area contributed by atoms with Crippen molar-refractivity contribution < 1.29 is 0 Å². The standard InChI is InChI=1S/C13H21N3/c14-12-6-4-10(5-7-12)9-16-13-3-1-2-11(13)8-15-16/h8,10,12H,1-7,9,14H2. The fraction of sp³-hybridized carbons (Fsp3) is 0.769. The topological polar surface area (TPSA) is 43.8 Å². The maximum Gasteiger partial charge on any atom is 0.0524 e. The fourth-order valence-electron chi connectivity index (χ4n) is 3.17. The van der Waals surface area contributed by atoms with Gasteiger partial charge < -0.3 is 5.73 Å². The number of nitrogens with two attached hydrogens (primary N) is 1. The molecular formula is C13H21N3. The van der Waals surface area contributed by atoms with Gasteiger partial charge in [0.2, 0.25) is 0 Å². The predicted molar refractivity (Wildman–Crippen MR) is 64.2 cm³/mol. The van der Waals surface area contributed by atoms with E-state index >= 15 is 0 Å². The molecule has 0 radical (unpaired) electrons. The molecular weight excluding hydrogens is 198 g/mol. The fourth-order valence-corrected chi connectivity index (χ4v) is 3.17. The van der Waals surface area contributed by atoms with E-state index in [0.717, 1.165) is 12.5 Å². The van der Waals surface area contributed by atoms with Gasteiger partial charge in [0.05, 0.1) is 6.20 Å². The smallest absolute Gasteiger partial charge is 0.0524 e. The summed E-state index contributed by atoms with van der Waals surface area (Å²) in [5.74, 6) is 0.810. The second-order valence-corrected chi connectivity index (χ2v) is 5.43. The van der Waals surface area contributed by atoms with Crippen LogP contribution in [0.4, 0.5) is 0 Å². The molecule has 1 aromatic rings. The largest absolute Gasteiger partial charge is 0.328 e. The zero-order valence-electron chi connectivity index (χ0n) is 9.86. The van der Waals surface area contributed by atoms with E-state index in [1.165, 1.54) is 56.2 Å². The van der Waals surface area contributed by atoms with Crippen LogP contribution in [0.15, 0.2) is 6.20 Å². The van der Waals surface area contributed by atoms with Gasteiger partial charge in [-0.15, -0.1) is 0 Å². The molecule has 16 heavy (non-hydrogen) atoms. The van der Waals surface area contributed by atoms with Gasteiger partial charge >= 0.3 is 0 Å². The van der Waals surface area contributed by atoms with Crippen LogP contribution in [-0.4, -0.2) is 15.8 Å². The number of aromatic nitrogens is 2. The van der Waals surface area contributed by atoms with Crippen LogP contribution >= 0.6 is 0 Å². The molecule has 2 aliphatic carbocycles. The van der Waals surface area contributed by atoms with Crippen molar-refractivity contribution in [1.82, 2.24) is 9.78 Å². The summed E-state index contributed by atoms with van der Waals surface area (Å²) >= 11 is 0. The van der Waals surface area contributed by atoms with Gasteiger partial charge in [-0.2, -0.15) is 5.10 Å². The van der Waals surface area contributed by atoms with Crippen LogP contribution in [0, 0.1) is 5.92 Å². The van der Waals surface area contributed by atoms with E-state index in [-0.39, 0.29) is 0 Å². The molecule has 3 rings (SSSR count). The molecule has 0 unspecified atom stereocenters. The highest BCUT2D eigenvalue weighted by Gasteiger charge is 2.22. The second kappa shape index (κ2) is 4.21. The number of aryl methyl sites for hydroxylation is 1. The predicted octanol–water partition coefficient (Wildman–Crippen LogP) is 1.89. The zero-order chi connectivity index (χ0) is 11.0. The van der Waals surface area contributed by atoms with Gasteiger partial charge in [-0.1, -0.05) is 0 Å². The van der Waals surface area contributed by atoms with E-state index in [4.69, 9.17) is 5.73 Å². The molecule has 0 atom stereocenters. The van der Waals surface area contributed by atoms with E-state index in [1.807, 2.05) is 0 Å². The van der Waals surface area contributed by atoms with E-state index in [2.05, 4.69) is 16.0 Å². The minimum Gasteiger partial charge on any atom is -0.328 e. The molecule has 0 bridgehead atoms. The Balaban J connectivity index is 1.65. The van der Waals surface area contributed by atoms with Gasteiger partial charge in [0.25, 0.3) is 0 Å². The molecule has 1 fully saturated rings. The van der Waals surface area contributed by atoms with E-state index in [0.29, 0.717) is 6.04 Å². The number of fused-ring (bicyclic) bond motifs is 1. The first-order chi connectivity index (χ1) is 7.83. The molecule has 1 saturated carbocycles. The normalized spacial score (nSPS) is 29.3. The molecule has 0 aromatic carbocycles. The summed E-state index contributed by atoms with van der Waals surface area (Å²) in [6, 6.07) is 0.458. The Bertz CT molecular complexity index is 361. The summed E-state index contributed by atoms with van der Waals surface area (Å²) in [6.45, 7) is 1.13. The van der Waals surface area contributed by atoms with Crippen molar-refractivity contribution in [1.29, 1.82) is 0 Å². The van der Waals surface area contributed by atoms with Gasteiger partial charge in [0.15, 0.2) is 0 Å². The van der Waals surface area contributed by atoms with E-state index in [1.54, 1.807) is 0 Å². The summed E-state index contributed by atoms with van der Waals surface area (Å²) in [4.78, 5) is 0. The summed E-state index contributed by atoms with van der Waals surface area (Å²) in [5.41, 5.74) is 8.94. The van der Waals surface area contributed by atoms with Gasteiger partial charge in [-0.3, -0.25) is 4.68 Å². The molecule has 0 aliphatic heterocycles. The van der Waals surface area contributed by atoms with E-state index in [9.17, 15) is 0 Å². The Morgan fingerprint density at radius 1 is 1.25 bits per heavy atom. The molecule has 0 spiro atoms. The zero-order valence-corrected chi connectivity index (χ0v) is 9.86. The molecule has 0 saturated heterocycles. The Hall–Kier alpha value is -0.830. The molecule has 1 heterocycles. The van der Waals surface area contributed by atoms with Crippen LogP contribution < -0.4 is 5.73 Å². The van der Waals surface area contributed by atoms with Crippen LogP contribution in [-0.2, 0) is 19.4 Å². The lowest BCUT2D eigenvalue weighted by molar-refractivity contribution is 0.283. The number of hydrogen-bond donors (Lipinski definition) is 1. The highest BCUT2D eigenvalue weighted by Crippen LogP contribution is 2.27. The SMILES string of the molecule is NC1CCC(Cn2ncc3c2CCC3)CC1. The quantitative estimate of drug-likeness (QED) is 0.825. The first kappa shape index (κ1) is 10.3. The number of hydrogen-bond acceptors (Lipinski definition) is 2. The minimum absolute atomic E-state index is 0.458. The first-order valence-electron chi connectivity index (χ1n) is 6.62. The third-order valence-corrected chi connectivity index (χ3v) is 4.22. The van der Waals surface area contributed by atoms with Crippen molar-refractivity contribution in [2.45, 2.75) is 57.5 Å². The Morgan fingerprint density at radius 2 is 2.06 bits per heavy atom. The molecule has 3 nitrogen and oxygen atoms in total. The van der Waals surface area contributed by atoms with Crippen molar-refractivity contribution in [3.05, 3.63) is 17.5 Å².